The van der Waals surface area contributed by atoms with Gasteiger partial charge >= 0.3 is 0 Å². The van der Waals surface area contributed by atoms with E-state index in [-0.39, 0.29) is 6.04 Å². The highest BCUT2D eigenvalue weighted by atomic mass is 16.3. The molecule has 1 aliphatic rings. The predicted molar refractivity (Wildman–Crippen MR) is 86.3 cm³/mol. The number of fused-ring (bicyclic) bond motifs is 1. The van der Waals surface area contributed by atoms with Gasteiger partial charge in [-0.15, -0.1) is 0 Å². The number of hydrogen-bond acceptors (Lipinski definition) is 2. The molecule has 2 aromatic rings. The van der Waals surface area contributed by atoms with Gasteiger partial charge in [-0.1, -0.05) is 54.1 Å². The summed E-state index contributed by atoms with van der Waals surface area (Å²) in [5, 5.41) is 14.1. The zero-order chi connectivity index (χ0) is 14.9. The molecule has 0 bridgehead atoms. The number of aliphatic hydroxyl groups is 1. The summed E-state index contributed by atoms with van der Waals surface area (Å²) < 4.78 is 0. The summed E-state index contributed by atoms with van der Waals surface area (Å²) in [6.07, 6.45) is 1.77. The zero-order valence-corrected chi connectivity index (χ0v) is 12.8. The van der Waals surface area contributed by atoms with Crippen molar-refractivity contribution in [3.8, 4) is 0 Å². The third-order valence-corrected chi connectivity index (χ3v) is 4.44. The third kappa shape index (κ3) is 3.02. The highest BCUT2D eigenvalue weighted by Gasteiger charge is 2.37. The van der Waals surface area contributed by atoms with E-state index in [0.29, 0.717) is 0 Å². The molecule has 2 N–H and O–H groups in total. The van der Waals surface area contributed by atoms with Crippen LogP contribution in [-0.2, 0) is 12.0 Å². The summed E-state index contributed by atoms with van der Waals surface area (Å²) in [6.45, 7) is 4.95. The van der Waals surface area contributed by atoms with Crippen molar-refractivity contribution < 1.29 is 5.11 Å². The van der Waals surface area contributed by atoms with E-state index < -0.39 is 5.60 Å². The van der Waals surface area contributed by atoms with E-state index in [4.69, 9.17) is 0 Å². The quantitative estimate of drug-likeness (QED) is 0.899. The van der Waals surface area contributed by atoms with E-state index in [9.17, 15) is 5.11 Å². The molecule has 0 heterocycles. The first-order valence-electron chi connectivity index (χ1n) is 7.67. The lowest BCUT2D eigenvalue weighted by Gasteiger charge is -2.18. The average Bonchev–Trinajstić information content (AvgIpc) is 2.73. The molecule has 2 nitrogen and oxygen atoms in total. The van der Waals surface area contributed by atoms with Gasteiger partial charge in [-0.3, -0.25) is 0 Å². The van der Waals surface area contributed by atoms with Crippen LogP contribution in [-0.4, -0.2) is 11.7 Å². The van der Waals surface area contributed by atoms with E-state index in [0.717, 1.165) is 24.9 Å². The van der Waals surface area contributed by atoms with Crippen LogP contribution in [0.5, 0.6) is 0 Å². The van der Waals surface area contributed by atoms with Gasteiger partial charge < -0.3 is 10.4 Å². The van der Waals surface area contributed by atoms with Gasteiger partial charge in [-0.2, -0.15) is 0 Å². The predicted octanol–water partition coefficient (Wildman–Crippen LogP) is 3.48. The molecular formula is C19H23NO. The summed E-state index contributed by atoms with van der Waals surface area (Å²) in [5.41, 5.74) is 4.25. The molecule has 2 heteroatoms. The van der Waals surface area contributed by atoms with Crippen LogP contribution in [0.25, 0.3) is 0 Å². The molecule has 0 saturated carbocycles. The van der Waals surface area contributed by atoms with Gasteiger partial charge in [-0.05, 0) is 49.9 Å². The van der Waals surface area contributed by atoms with Crippen LogP contribution < -0.4 is 5.32 Å². The molecule has 0 saturated heterocycles. The highest BCUT2D eigenvalue weighted by molar-refractivity contribution is 5.39. The van der Waals surface area contributed by atoms with Gasteiger partial charge in [-0.25, -0.2) is 0 Å². The van der Waals surface area contributed by atoms with E-state index in [1.54, 1.807) is 0 Å². The maximum Gasteiger partial charge on any atom is 0.0889 e. The first-order chi connectivity index (χ1) is 10.1. The van der Waals surface area contributed by atoms with Crippen molar-refractivity contribution in [1.82, 2.24) is 5.32 Å². The average molecular weight is 281 g/mol. The molecule has 2 atom stereocenters. The van der Waals surface area contributed by atoms with Gasteiger partial charge in [0.05, 0.1) is 5.60 Å². The van der Waals surface area contributed by atoms with Crippen LogP contribution >= 0.6 is 0 Å². The summed E-state index contributed by atoms with van der Waals surface area (Å²) in [5.74, 6) is 0. The Balaban J connectivity index is 1.63. The number of aryl methyl sites for hydroxylation is 1. The molecule has 3 rings (SSSR count). The lowest BCUT2D eigenvalue weighted by Crippen LogP contribution is -2.24. The maximum absolute atomic E-state index is 10.5. The number of benzene rings is 2. The lowest BCUT2D eigenvalue weighted by atomic mass is 9.99. The molecule has 1 aliphatic carbocycles. The van der Waals surface area contributed by atoms with Gasteiger partial charge in [0.25, 0.3) is 0 Å². The first kappa shape index (κ1) is 14.3. The van der Waals surface area contributed by atoms with Crippen LogP contribution in [0.4, 0.5) is 0 Å². The molecule has 0 spiro atoms. The Morgan fingerprint density at radius 1 is 1.14 bits per heavy atom. The molecular weight excluding hydrogens is 258 g/mol. The molecule has 0 fully saturated rings. The third-order valence-electron chi connectivity index (χ3n) is 4.44. The van der Waals surface area contributed by atoms with E-state index >= 15 is 0 Å². The summed E-state index contributed by atoms with van der Waals surface area (Å²) in [4.78, 5) is 0. The number of nitrogens with one attached hydrogen (secondary N) is 1. The van der Waals surface area contributed by atoms with Crippen molar-refractivity contribution in [3.05, 3.63) is 70.8 Å². The topological polar surface area (TPSA) is 32.3 Å². The Labute approximate surface area is 126 Å². The van der Waals surface area contributed by atoms with Crippen LogP contribution in [0.2, 0.25) is 0 Å². The van der Waals surface area contributed by atoms with Crippen LogP contribution in [0.1, 0.15) is 41.6 Å². The highest BCUT2D eigenvalue weighted by Crippen LogP contribution is 2.42. The Morgan fingerprint density at radius 2 is 1.86 bits per heavy atom. The summed E-state index contributed by atoms with van der Waals surface area (Å²) in [6, 6.07) is 17.2. The second kappa shape index (κ2) is 5.63. The van der Waals surface area contributed by atoms with Crippen molar-refractivity contribution in [2.45, 2.75) is 38.3 Å². The maximum atomic E-state index is 10.5. The van der Waals surface area contributed by atoms with Gasteiger partial charge in [0.2, 0.25) is 0 Å². The second-order valence-electron chi connectivity index (χ2n) is 6.31. The Kier molecular flexibility index (Phi) is 3.83. The van der Waals surface area contributed by atoms with Crippen LogP contribution in [0.15, 0.2) is 48.5 Å². The molecule has 0 radical (unpaired) electrons. The normalized spacial score (nSPS) is 24.0. The molecule has 0 aliphatic heterocycles. The van der Waals surface area contributed by atoms with Crippen molar-refractivity contribution in [1.29, 1.82) is 0 Å². The van der Waals surface area contributed by atoms with Crippen LogP contribution in [0, 0.1) is 6.92 Å². The lowest BCUT2D eigenvalue weighted by molar-refractivity contribution is 0.0515. The second-order valence-corrected chi connectivity index (χ2v) is 6.31. The fourth-order valence-corrected chi connectivity index (χ4v) is 3.24. The largest absolute Gasteiger partial charge is 0.385 e. The zero-order valence-electron chi connectivity index (χ0n) is 12.8. The minimum Gasteiger partial charge on any atom is -0.385 e. The van der Waals surface area contributed by atoms with Crippen LogP contribution in [0.3, 0.4) is 0 Å². The first-order valence-corrected chi connectivity index (χ1v) is 7.67. The Morgan fingerprint density at radius 3 is 2.62 bits per heavy atom. The molecule has 21 heavy (non-hydrogen) atoms. The van der Waals surface area contributed by atoms with Gasteiger partial charge in [0, 0.05) is 6.04 Å². The van der Waals surface area contributed by atoms with Crippen molar-refractivity contribution in [3.63, 3.8) is 0 Å². The minimum atomic E-state index is -0.710. The van der Waals surface area contributed by atoms with Crippen molar-refractivity contribution in [2.24, 2.45) is 0 Å². The van der Waals surface area contributed by atoms with Crippen molar-refractivity contribution in [2.75, 3.05) is 6.54 Å². The molecule has 2 unspecified atom stereocenters. The van der Waals surface area contributed by atoms with E-state index in [2.05, 4.69) is 48.6 Å². The van der Waals surface area contributed by atoms with Crippen molar-refractivity contribution >= 4 is 0 Å². The Hall–Kier alpha value is -1.64. The van der Waals surface area contributed by atoms with E-state index in [1.165, 1.54) is 16.7 Å². The Bertz CT molecular complexity index is 616. The molecule has 0 amide bonds. The minimum absolute atomic E-state index is 0.252. The number of rotatable bonds is 4. The van der Waals surface area contributed by atoms with Gasteiger partial charge in [0.15, 0.2) is 0 Å². The van der Waals surface area contributed by atoms with E-state index in [1.807, 2.05) is 19.1 Å². The fraction of sp³-hybridized carbons (Fsp3) is 0.368. The summed E-state index contributed by atoms with van der Waals surface area (Å²) in [7, 11) is 0. The standard InChI is InChI=1S/C19H23NO/c1-14-7-9-15(10-8-14)11-12-20-18-13-19(2,21)17-6-4-3-5-16(17)18/h3-10,18,20-21H,11-13H2,1-2H3. The molecule has 2 aromatic carbocycles. The number of hydrogen-bond donors (Lipinski definition) is 2. The SMILES string of the molecule is Cc1ccc(CCNC2CC(C)(O)c3ccccc32)cc1. The summed E-state index contributed by atoms with van der Waals surface area (Å²) >= 11 is 0. The fourth-order valence-electron chi connectivity index (χ4n) is 3.24. The monoisotopic (exact) mass is 281 g/mol. The molecule has 110 valence electrons. The van der Waals surface area contributed by atoms with Gasteiger partial charge in [0.1, 0.15) is 0 Å². The smallest absolute Gasteiger partial charge is 0.0889 e. The molecule has 0 aromatic heterocycles.